The molecule has 16 heteroatoms. The molecule has 4 aromatic rings. The summed E-state index contributed by atoms with van der Waals surface area (Å²) in [4.78, 5) is 62.5. The van der Waals surface area contributed by atoms with Crippen molar-refractivity contribution in [3.63, 3.8) is 0 Å². The highest BCUT2D eigenvalue weighted by Gasteiger charge is 2.61. The Morgan fingerprint density at radius 1 is 1.02 bits per heavy atom. The monoisotopic (exact) mass is 825 g/mol. The Kier molecular flexibility index (Phi) is 11.3. The van der Waals surface area contributed by atoms with Gasteiger partial charge >= 0.3 is 6.09 Å². The maximum atomic E-state index is 14.9. The van der Waals surface area contributed by atoms with Gasteiger partial charge in [-0.25, -0.2) is 18.2 Å². The number of hydrogen-bond acceptors (Lipinski definition) is 11. The van der Waals surface area contributed by atoms with Crippen LogP contribution >= 0.6 is 0 Å². The fourth-order valence-electron chi connectivity index (χ4n) is 7.47. The molecule has 2 bridgehead atoms. The Hall–Kier alpha value is -6.16. The maximum Gasteiger partial charge on any atom is 0.408 e. The molecule has 5 atom stereocenters. The highest BCUT2D eigenvalue weighted by atomic mass is 32.2. The van der Waals surface area contributed by atoms with Crippen LogP contribution in [0.2, 0.25) is 0 Å². The first kappa shape index (κ1) is 41.0. The zero-order chi connectivity index (χ0) is 42.1. The van der Waals surface area contributed by atoms with Crippen molar-refractivity contribution in [2.45, 2.75) is 69.4 Å². The summed E-state index contributed by atoms with van der Waals surface area (Å²) in [6.45, 7) is 5.13. The quantitative estimate of drug-likeness (QED) is 0.225. The van der Waals surface area contributed by atoms with E-state index in [0.29, 0.717) is 39.4 Å². The van der Waals surface area contributed by atoms with Gasteiger partial charge in [-0.3, -0.25) is 19.1 Å². The van der Waals surface area contributed by atoms with E-state index >= 15 is 0 Å². The summed E-state index contributed by atoms with van der Waals surface area (Å²) < 4.78 is 50.2. The number of methoxy groups -OCH3 is 1. The second kappa shape index (κ2) is 16.2. The highest BCUT2D eigenvalue weighted by Crippen LogP contribution is 2.45. The molecule has 2 fully saturated rings. The van der Waals surface area contributed by atoms with E-state index in [2.05, 4.69) is 10.6 Å². The minimum Gasteiger partial charge on any atom is -0.497 e. The third kappa shape index (κ3) is 9.60. The van der Waals surface area contributed by atoms with Crippen LogP contribution in [0.5, 0.6) is 17.2 Å². The lowest BCUT2D eigenvalue weighted by Crippen LogP contribution is -2.58. The van der Waals surface area contributed by atoms with Gasteiger partial charge in [0.15, 0.2) is 0 Å². The van der Waals surface area contributed by atoms with Crippen LogP contribution in [0.15, 0.2) is 91.0 Å². The first-order valence-electron chi connectivity index (χ1n) is 19.2. The van der Waals surface area contributed by atoms with Gasteiger partial charge in [0, 0.05) is 41.8 Å². The van der Waals surface area contributed by atoms with Crippen molar-refractivity contribution in [1.29, 1.82) is 0 Å². The van der Waals surface area contributed by atoms with Gasteiger partial charge in [0.25, 0.3) is 5.91 Å². The SMILES string of the molecule is COc1ccc2c(O[C@@H]3C[C@H]4C(=O)N[C@@]5(C(=O)NS(C)(=O)=O)CC5/C=C\COc5cccc(c5)C[C@@H](NC(=O)OC(C)(C)C)C(=O)N4C3)cc(-c3ccccc3)nc2c1. The molecule has 1 aliphatic carbocycles. The average molecular weight is 826 g/mol. The second-order valence-corrected chi connectivity index (χ2v) is 17.7. The van der Waals surface area contributed by atoms with E-state index in [9.17, 15) is 27.6 Å². The molecule has 3 N–H and O–H groups in total. The number of rotatable bonds is 7. The first-order valence-corrected chi connectivity index (χ1v) is 21.1. The number of amides is 4. The number of ether oxygens (including phenoxy) is 4. The van der Waals surface area contributed by atoms with Gasteiger partial charge in [-0.05, 0) is 57.0 Å². The van der Waals surface area contributed by atoms with E-state index in [0.717, 1.165) is 11.8 Å². The largest absolute Gasteiger partial charge is 0.497 e. The summed E-state index contributed by atoms with van der Waals surface area (Å²) in [5, 5.41) is 6.21. The third-order valence-corrected chi connectivity index (χ3v) is 10.8. The molecule has 4 amide bonds. The summed E-state index contributed by atoms with van der Waals surface area (Å²) in [7, 11) is -2.44. The van der Waals surface area contributed by atoms with Crippen molar-refractivity contribution in [3.05, 3.63) is 96.6 Å². The molecular formula is C43H47N5O10S. The van der Waals surface area contributed by atoms with E-state index in [-0.39, 0.29) is 32.4 Å². The van der Waals surface area contributed by atoms with Crippen LogP contribution in [0.3, 0.4) is 0 Å². The Labute approximate surface area is 342 Å². The molecule has 0 spiro atoms. The lowest BCUT2D eigenvalue weighted by atomic mass is 10.0. The summed E-state index contributed by atoms with van der Waals surface area (Å²) in [6.07, 6.45) is 2.77. The molecule has 7 rings (SSSR count). The lowest BCUT2D eigenvalue weighted by molar-refractivity contribution is -0.141. The van der Waals surface area contributed by atoms with Crippen molar-refractivity contribution < 1.29 is 46.5 Å². The first-order chi connectivity index (χ1) is 28.0. The van der Waals surface area contributed by atoms with Crippen LogP contribution in [-0.2, 0) is 35.6 Å². The molecule has 1 saturated heterocycles. The zero-order valence-corrected chi connectivity index (χ0v) is 34.2. The fourth-order valence-corrected chi connectivity index (χ4v) is 7.99. The molecule has 310 valence electrons. The number of benzene rings is 3. The zero-order valence-electron chi connectivity index (χ0n) is 33.4. The Balaban J connectivity index is 1.28. The standard InChI is InChI=1S/C43H47N5O10S/c1-42(2,3)58-41(52)45-35-20-26-11-9-15-30(19-26)56-18-10-14-28-24-43(28,40(51)47-59(5,53)54)46-38(49)36-22-31(25-48(36)39(35)50)57-37-23-33(27-12-7-6-8-13-27)44-34-21-29(55-4)16-17-32(34)37/h6-17,19,21,23,28,31,35-36H,18,20,22,24-25H2,1-5H3,(H,45,52)(H,46,49)(H,47,51)/b14-10-/t28?,31-,35-,36+,43+/m1/s1. The van der Waals surface area contributed by atoms with E-state index < -0.39 is 69.1 Å². The van der Waals surface area contributed by atoms with Gasteiger partial charge in [-0.15, -0.1) is 0 Å². The number of sulfonamides is 1. The van der Waals surface area contributed by atoms with E-state index in [1.54, 1.807) is 82.5 Å². The minimum atomic E-state index is -4.00. The molecule has 3 aromatic carbocycles. The van der Waals surface area contributed by atoms with Gasteiger partial charge < -0.3 is 34.5 Å². The third-order valence-electron chi connectivity index (χ3n) is 10.3. The predicted octanol–water partition coefficient (Wildman–Crippen LogP) is 4.29. The smallest absolute Gasteiger partial charge is 0.408 e. The fraction of sp³-hybridized carbons (Fsp3) is 0.372. The van der Waals surface area contributed by atoms with E-state index in [1.807, 2.05) is 41.1 Å². The molecular weight excluding hydrogens is 779 g/mol. The van der Waals surface area contributed by atoms with Crippen LogP contribution in [0.1, 0.15) is 39.2 Å². The molecule has 1 unspecified atom stereocenters. The molecule has 15 nitrogen and oxygen atoms in total. The molecule has 59 heavy (non-hydrogen) atoms. The minimum absolute atomic E-state index is 0.00895. The van der Waals surface area contributed by atoms with Crippen molar-refractivity contribution in [1.82, 2.24) is 25.2 Å². The summed E-state index contributed by atoms with van der Waals surface area (Å²) in [5.74, 6) is -1.24. The summed E-state index contributed by atoms with van der Waals surface area (Å²) in [6, 6.07) is 21.4. The number of carbonyl (C=O) groups is 4. The summed E-state index contributed by atoms with van der Waals surface area (Å²) in [5.41, 5.74) is 0.227. The van der Waals surface area contributed by atoms with Crippen molar-refractivity contribution in [2.75, 3.05) is 26.5 Å². The number of nitrogens with zero attached hydrogens (tertiary/aromatic N) is 2. The molecule has 3 heterocycles. The number of carbonyl (C=O) groups excluding carboxylic acids is 4. The molecule has 3 aliphatic rings. The van der Waals surface area contributed by atoms with Crippen LogP contribution in [0.4, 0.5) is 4.79 Å². The van der Waals surface area contributed by atoms with Crippen molar-refractivity contribution in [2.24, 2.45) is 5.92 Å². The van der Waals surface area contributed by atoms with Crippen molar-refractivity contribution >= 4 is 44.7 Å². The highest BCUT2D eigenvalue weighted by molar-refractivity contribution is 7.89. The maximum absolute atomic E-state index is 14.9. The van der Waals surface area contributed by atoms with Crippen LogP contribution in [0.25, 0.3) is 22.2 Å². The normalized spacial score (nSPS) is 23.8. The number of fused-ring (bicyclic) bond motifs is 5. The lowest BCUT2D eigenvalue weighted by Gasteiger charge is -2.30. The second-order valence-electron chi connectivity index (χ2n) is 16.0. The predicted molar refractivity (Wildman–Crippen MR) is 218 cm³/mol. The van der Waals surface area contributed by atoms with E-state index in [1.165, 1.54) is 4.90 Å². The Morgan fingerprint density at radius 2 is 1.80 bits per heavy atom. The van der Waals surface area contributed by atoms with Crippen LogP contribution in [0, 0.1) is 5.92 Å². The van der Waals surface area contributed by atoms with Crippen molar-refractivity contribution in [3.8, 4) is 28.5 Å². The van der Waals surface area contributed by atoms with Gasteiger partial charge in [-0.2, -0.15) is 0 Å². The van der Waals surface area contributed by atoms with E-state index in [4.69, 9.17) is 23.9 Å². The molecule has 0 radical (unpaired) electrons. The van der Waals surface area contributed by atoms with Gasteiger partial charge in [0.05, 0.1) is 31.1 Å². The topological polar surface area (TPSA) is 192 Å². The molecule has 1 aromatic heterocycles. The van der Waals surface area contributed by atoms with Crippen LogP contribution in [-0.4, -0.2) is 98.0 Å². The molecule has 2 aliphatic heterocycles. The van der Waals surface area contributed by atoms with Gasteiger partial charge in [-0.1, -0.05) is 54.6 Å². The number of pyridine rings is 1. The number of hydrogen-bond donors (Lipinski definition) is 3. The van der Waals surface area contributed by atoms with Gasteiger partial charge in [0.2, 0.25) is 21.8 Å². The number of nitrogens with one attached hydrogen (secondary N) is 3. The van der Waals surface area contributed by atoms with Crippen LogP contribution < -0.4 is 29.6 Å². The molecule has 1 saturated carbocycles. The van der Waals surface area contributed by atoms with Gasteiger partial charge in [0.1, 0.15) is 53.2 Å². The Bertz CT molecular complexity index is 2420. The average Bonchev–Trinajstić information content (AvgIpc) is 3.71. The number of alkyl carbamates (subject to hydrolysis) is 1. The number of aromatic nitrogens is 1. The summed E-state index contributed by atoms with van der Waals surface area (Å²) >= 11 is 0. The Morgan fingerprint density at radius 3 is 2.53 bits per heavy atom.